The van der Waals surface area contributed by atoms with Crippen molar-refractivity contribution in [2.24, 2.45) is 0 Å². The van der Waals surface area contributed by atoms with Crippen molar-refractivity contribution in [3.63, 3.8) is 0 Å². The molecule has 0 aliphatic carbocycles. The number of rotatable bonds is 7. The van der Waals surface area contributed by atoms with Gasteiger partial charge in [-0.2, -0.15) is 0 Å². The van der Waals surface area contributed by atoms with Crippen molar-refractivity contribution in [2.75, 3.05) is 37.6 Å². The van der Waals surface area contributed by atoms with E-state index in [0.717, 1.165) is 26.2 Å². The summed E-state index contributed by atoms with van der Waals surface area (Å²) in [6.07, 6.45) is -4.61. The zero-order valence-corrected chi connectivity index (χ0v) is 16.9. The SMILES string of the molecule is CC(CNC(=O)Cc1ccc(OC(F)(F)F)cc1)N1CCN(c2ccccc2)CC1. The molecular weight excluding hydrogens is 395 g/mol. The second-order valence-electron chi connectivity index (χ2n) is 7.38. The number of hydrogen-bond donors (Lipinski definition) is 1. The summed E-state index contributed by atoms with van der Waals surface area (Å²) >= 11 is 0. The van der Waals surface area contributed by atoms with Gasteiger partial charge in [-0.25, -0.2) is 0 Å². The molecular formula is C22H26F3N3O2. The number of amides is 1. The van der Waals surface area contributed by atoms with Gasteiger partial charge in [-0.05, 0) is 36.8 Å². The number of carbonyl (C=O) groups is 1. The molecule has 30 heavy (non-hydrogen) atoms. The van der Waals surface area contributed by atoms with E-state index in [1.807, 2.05) is 18.2 Å². The van der Waals surface area contributed by atoms with Crippen LogP contribution in [-0.4, -0.2) is 55.9 Å². The molecule has 1 aliphatic rings. The minimum absolute atomic E-state index is 0.112. The van der Waals surface area contributed by atoms with Gasteiger partial charge < -0.3 is 15.0 Å². The van der Waals surface area contributed by atoms with Gasteiger partial charge in [0, 0.05) is 44.5 Å². The molecule has 8 heteroatoms. The van der Waals surface area contributed by atoms with Gasteiger partial charge in [0.2, 0.25) is 5.91 Å². The summed E-state index contributed by atoms with van der Waals surface area (Å²) in [4.78, 5) is 16.9. The molecule has 162 valence electrons. The summed E-state index contributed by atoms with van der Waals surface area (Å²) < 4.78 is 40.4. The maximum atomic E-state index is 12.2. The lowest BCUT2D eigenvalue weighted by atomic mass is 10.1. The average molecular weight is 421 g/mol. The number of hydrogen-bond acceptors (Lipinski definition) is 4. The Labute approximate surface area is 174 Å². The fraction of sp³-hybridized carbons (Fsp3) is 0.409. The van der Waals surface area contributed by atoms with Crippen LogP contribution in [0.15, 0.2) is 54.6 Å². The molecule has 1 N–H and O–H groups in total. The van der Waals surface area contributed by atoms with Crippen molar-refractivity contribution in [1.82, 2.24) is 10.2 Å². The van der Waals surface area contributed by atoms with Crippen LogP contribution in [0.4, 0.5) is 18.9 Å². The third-order valence-corrected chi connectivity index (χ3v) is 5.18. The number of benzene rings is 2. The van der Waals surface area contributed by atoms with E-state index in [1.165, 1.54) is 30.0 Å². The molecule has 1 atom stereocenters. The number of ether oxygens (including phenoxy) is 1. The largest absolute Gasteiger partial charge is 0.573 e. The van der Waals surface area contributed by atoms with Gasteiger partial charge in [0.05, 0.1) is 6.42 Å². The van der Waals surface area contributed by atoms with E-state index in [4.69, 9.17) is 0 Å². The molecule has 0 saturated carbocycles. The summed E-state index contributed by atoms with van der Waals surface area (Å²) in [5.74, 6) is -0.454. The van der Waals surface area contributed by atoms with Crippen LogP contribution in [-0.2, 0) is 11.2 Å². The minimum Gasteiger partial charge on any atom is -0.406 e. The van der Waals surface area contributed by atoms with Gasteiger partial charge in [0.15, 0.2) is 0 Å². The van der Waals surface area contributed by atoms with Crippen LogP contribution in [0, 0.1) is 0 Å². The molecule has 2 aromatic rings. The van der Waals surface area contributed by atoms with Gasteiger partial charge in [-0.15, -0.1) is 13.2 Å². The first kappa shape index (κ1) is 22.0. The monoisotopic (exact) mass is 421 g/mol. The summed E-state index contributed by atoms with van der Waals surface area (Å²) in [6.45, 7) is 6.34. The van der Waals surface area contributed by atoms with E-state index in [-0.39, 0.29) is 24.1 Å². The molecule has 1 unspecified atom stereocenters. The quantitative estimate of drug-likeness (QED) is 0.744. The van der Waals surface area contributed by atoms with Gasteiger partial charge in [0.25, 0.3) is 0 Å². The summed E-state index contributed by atoms with van der Waals surface area (Å²) in [7, 11) is 0. The predicted octanol–water partition coefficient (Wildman–Crippen LogP) is 3.45. The van der Waals surface area contributed by atoms with Crippen molar-refractivity contribution in [2.45, 2.75) is 25.7 Å². The molecule has 5 nitrogen and oxygen atoms in total. The summed E-state index contributed by atoms with van der Waals surface area (Å²) in [5, 5.41) is 2.92. The van der Waals surface area contributed by atoms with Crippen molar-refractivity contribution < 1.29 is 22.7 Å². The van der Waals surface area contributed by atoms with Crippen molar-refractivity contribution >= 4 is 11.6 Å². The molecule has 0 radical (unpaired) electrons. The number of nitrogens with zero attached hydrogens (tertiary/aromatic N) is 2. The predicted molar refractivity (Wildman–Crippen MR) is 110 cm³/mol. The first-order chi connectivity index (χ1) is 14.3. The molecule has 1 fully saturated rings. The third-order valence-electron chi connectivity index (χ3n) is 5.18. The summed E-state index contributed by atoms with van der Waals surface area (Å²) in [6, 6.07) is 15.9. The number of nitrogens with one attached hydrogen (secondary N) is 1. The second-order valence-corrected chi connectivity index (χ2v) is 7.38. The van der Waals surface area contributed by atoms with Crippen molar-refractivity contribution in [1.29, 1.82) is 0 Å². The lowest BCUT2D eigenvalue weighted by molar-refractivity contribution is -0.274. The van der Waals surface area contributed by atoms with E-state index < -0.39 is 6.36 Å². The van der Waals surface area contributed by atoms with Crippen LogP contribution < -0.4 is 15.0 Å². The maximum absolute atomic E-state index is 12.2. The molecule has 1 heterocycles. The fourth-order valence-electron chi connectivity index (χ4n) is 3.51. The lowest BCUT2D eigenvalue weighted by Crippen LogP contribution is -2.52. The standard InChI is InChI=1S/C22H26F3N3O2/c1-17(27-11-13-28(14-12-27)19-5-3-2-4-6-19)16-26-21(29)15-18-7-9-20(10-8-18)30-22(23,24)25/h2-10,17H,11-16H2,1H3,(H,26,29). The Kier molecular flexibility index (Phi) is 7.20. The number of anilines is 1. The third kappa shape index (κ3) is 6.66. The highest BCUT2D eigenvalue weighted by molar-refractivity contribution is 5.78. The van der Waals surface area contributed by atoms with Crippen LogP contribution in [0.25, 0.3) is 0 Å². The highest BCUT2D eigenvalue weighted by Gasteiger charge is 2.31. The molecule has 0 bridgehead atoms. The van der Waals surface area contributed by atoms with Gasteiger partial charge in [0.1, 0.15) is 5.75 Å². The number of carbonyl (C=O) groups excluding carboxylic acids is 1. The van der Waals surface area contributed by atoms with Crippen LogP contribution in [0.5, 0.6) is 5.75 Å². The summed E-state index contributed by atoms with van der Waals surface area (Å²) in [5.41, 5.74) is 1.86. The Morgan fingerprint density at radius 1 is 1.03 bits per heavy atom. The number of piperazine rings is 1. The van der Waals surface area contributed by atoms with E-state index in [1.54, 1.807) is 0 Å². The molecule has 0 spiro atoms. The first-order valence-corrected chi connectivity index (χ1v) is 9.95. The normalized spacial score (nSPS) is 16.2. The highest BCUT2D eigenvalue weighted by atomic mass is 19.4. The lowest BCUT2D eigenvalue weighted by Gasteiger charge is -2.39. The highest BCUT2D eigenvalue weighted by Crippen LogP contribution is 2.23. The minimum atomic E-state index is -4.72. The van der Waals surface area contributed by atoms with Gasteiger partial charge >= 0.3 is 6.36 Å². The number of halogens is 3. The first-order valence-electron chi connectivity index (χ1n) is 9.95. The molecule has 3 rings (SSSR count). The van der Waals surface area contributed by atoms with Crippen molar-refractivity contribution in [3.05, 3.63) is 60.2 Å². The van der Waals surface area contributed by atoms with Crippen molar-refractivity contribution in [3.8, 4) is 5.75 Å². The van der Waals surface area contributed by atoms with Crippen LogP contribution >= 0.6 is 0 Å². The van der Waals surface area contributed by atoms with E-state index in [0.29, 0.717) is 12.1 Å². The Balaban J connectivity index is 1.39. The molecule has 1 amide bonds. The van der Waals surface area contributed by atoms with E-state index in [2.05, 4.69) is 38.9 Å². The maximum Gasteiger partial charge on any atom is 0.573 e. The van der Waals surface area contributed by atoms with Crippen LogP contribution in [0.3, 0.4) is 0 Å². The zero-order chi connectivity index (χ0) is 21.6. The van der Waals surface area contributed by atoms with Gasteiger partial charge in [-0.3, -0.25) is 9.69 Å². The topological polar surface area (TPSA) is 44.8 Å². The van der Waals surface area contributed by atoms with Crippen LogP contribution in [0.1, 0.15) is 12.5 Å². The Hall–Kier alpha value is -2.74. The average Bonchev–Trinajstić information content (AvgIpc) is 2.73. The Morgan fingerprint density at radius 3 is 2.27 bits per heavy atom. The second kappa shape index (κ2) is 9.84. The van der Waals surface area contributed by atoms with Gasteiger partial charge in [-0.1, -0.05) is 30.3 Å². The molecule has 1 aliphatic heterocycles. The smallest absolute Gasteiger partial charge is 0.406 e. The molecule has 2 aromatic carbocycles. The zero-order valence-electron chi connectivity index (χ0n) is 16.9. The van der Waals surface area contributed by atoms with Crippen LogP contribution in [0.2, 0.25) is 0 Å². The Morgan fingerprint density at radius 2 is 1.67 bits per heavy atom. The molecule has 1 saturated heterocycles. The Bertz CT molecular complexity index is 805. The number of para-hydroxylation sites is 1. The fourth-order valence-corrected chi connectivity index (χ4v) is 3.51. The number of alkyl halides is 3. The van der Waals surface area contributed by atoms with E-state index in [9.17, 15) is 18.0 Å². The molecule has 0 aromatic heterocycles. The van der Waals surface area contributed by atoms with E-state index >= 15 is 0 Å².